The van der Waals surface area contributed by atoms with Crippen LogP contribution in [-0.4, -0.2) is 29.8 Å². The highest BCUT2D eigenvalue weighted by Crippen LogP contribution is 2.22. The van der Waals surface area contributed by atoms with E-state index in [9.17, 15) is 4.79 Å². The van der Waals surface area contributed by atoms with E-state index in [4.69, 9.17) is 20.7 Å². The predicted molar refractivity (Wildman–Crippen MR) is 65.6 cm³/mol. The molecule has 0 saturated heterocycles. The van der Waals surface area contributed by atoms with Crippen LogP contribution in [0.25, 0.3) is 0 Å². The van der Waals surface area contributed by atoms with Crippen LogP contribution >= 0.6 is 0 Å². The minimum Gasteiger partial charge on any atom is -0.507 e. The summed E-state index contributed by atoms with van der Waals surface area (Å²) in [5.41, 5.74) is 4.98. The molecule has 5 nitrogen and oxygen atoms in total. The van der Waals surface area contributed by atoms with E-state index in [2.05, 4.69) is 6.92 Å². The lowest BCUT2D eigenvalue weighted by molar-refractivity contribution is 0.0693. The van der Waals surface area contributed by atoms with Gasteiger partial charge in [0.25, 0.3) is 0 Å². The first-order valence-corrected chi connectivity index (χ1v) is 5.37. The van der Waals surface area contributed by atoms with Gasteiger partial charge in [0.15, 0.2) is 0 Å². The van der Waals surface area contributed by atoms with Crippen molar-refractivity contribution < 1.29 is 19.7 Å². The number of phenols is 1. The van der Waals surface area contributed by atoms with Crippen molar-refractivity contribution in [2.24, 2.45) is 5.73 Å². The molecule has 0 heterocycles. The number of nitrogens with two attached hydrogens (primary N) is 1. The average molecular weight is 241 g/mol. The van der Waals surface area contributed by atoms with E-state index in [0.29, 0.717) is 5.75 Å². The highest BCUT2D eigenvalue weighted by Gasteiger charge is 2.09. The van der Waals surface area contributed by atoms with E-state index in [1.807, 2.05) is 0 Å². The van der Waals surface area contributed by atoms with Crippen molar-refractivity contribution in [3.05, 3.63) is 23.8 Å². The van der Waals surface area contributed by atoms with Crippen LogP contribution < -0.4 is 10.5 Å². The Morgan fingerprint density at radius 3 is 2.47 bits per heavy atom. The van der Waals surface area contributed by atoms with Crippen molar-refractivity contribution in [1.29, 1.82) is 0 Å². The lowest BCUT2D eigenvalue weighted by atomic mass is 10.2. The minimum absolute atomic E-state index is 0.158. The maximum atomic E-state index is 10.5. The number of carboxylic acids is 1. The lowest BCUT2D eigenvalue weighted by Gasteiger charge is -2.02. The number of methoxy groups -OCH3 is 1. The van der Waals surface area contributed by atoms with Gasteiger partial charge in [0, 0.05) is 0 Å². The average Bonchev–Trinajstić information content (AvgIpc) is 2.31. The van der Waals surface area contributed by atoms with E-state index < -0.39 is 5.97 Å². The zero-order valence-corrected chi connectivity index (χ0v) is 10.1. The summed E-state index contributed by atoms with van der Waals surface area (Å²) < 4.78 is 4.79. The lowest BCUT2D eigenvalue weighted by Crippen LogP contribution is -1.97. The van der Waals surface area contributed by atoms with Crippen molar-refractivity contribution in [1.82, 2.24) is 0 Å². The molecule has 1 aromatic rings. The van der Waals surface area contributed by atoms with Gasteiger partial charge in [-0.3, -0.25) is 0 Å². The maximum absolute atomic E-state index is 10.5. The number of benzene rings is 1. The topological polar surface area (TPSA) is 92.8 Å². The van der Waals surface area contributed by atoms with E-state index in [0.717, 1.165) is 6.54 Å². The quantitative estimate of drug-likeness (QED) is 0.748. The first-order chi connectivity index (χ1) is 8.06. The second-order valence-electron chi connectivity index (χ2n) is 3.33. The third-order valence-electron chi connectivity index (χ3n) is 1.99. The summed E-state index contributed by atoms with van der Waals surface area (Å²) >= 11 is 0. The van der Waals surface area contributed by atoms with E-state index in [1.54, 1.807) is 0 Å². The molecule has 0 spiro atoms. The van der Waals surface area contributed by atoms with Gasteiger partial charge in [0.1, 0.15) is 17.1 Å². The Morgan fingerprint density at radius 2 is 2.12 bits per heavy atom. The number of carbonyl (C=O) groups is 1. The standard InChI is InChI=1S/C8H8O4.C4H11N/c1-12-5-2-3-7(9)6(4-5)8(10)11;1-2-3-4-5/h2-4,9H,1H3,(H,10,11);2-5H2,1H3. The van der Waals surface area contributed by atoms with Gasteiger partial charge in [-0.25, -0.2) is 4.79 Å². The van der Waals surface area contributed by atoms with Gasteiger partial charge in [-0.05, 0) is 31.2 Å². The largest absolute Gasteiger partial charge is 0.507 e. The molecule has 0 unspecified atom stereocenters. The van der Waals surface area contributed by atoms with Crippen LogP contribution in [0.2, 0.25) is 0 Å². The highest BCUT2D eigenvalue weighted by molar-refractivity contribution is 5.91. The highest BCUT2D eigenvalue weighted by atomic mass is 16.5. The summed E-state index contributed by atoms with van der Waals surface area (Å²) in [6.45, 7) is 2.98. The van der Waals surface area contributed by atoms with E-state index in [-0.39, 0.29) is 11.3 Å². The smallest absolute Gasteiger partial charge is 0.339 e. The second-order valence-corrected chi connectivity index (χ2v) is 3.33. The fourth-order valence-electron chi connectivity index (χ4n) is 1.02. The monoisotopic (exact) mass is 241 g/mol. The Bertz CT molecular complexity index is 350. The number of aromatic carboxylic acids is 1. The number of ether oxygens (including phenoxy) is 1. The Balaban J connectivity index is 0.000000437. The Kier molecular flexibility index (Phi) is 7.54. The number of hydrogen-bond donors (Lipinski definition) is 3. The van der Waals surface area contributed by atoms with Crippen molar-refractivity contribution >= 4 is 5.97 Å². The van der Waals surface area contributed by atoms with Crippen LogP contribution in [0, 0.1) is 0 Å². The third-order valence-corrected chi connectivity index (χ3v) is 1.99. The Labute approximate surface area is 101 Å². The van der Waals surface area contributed by atoms with Crippen LogP contribution in [0.4, 0.5) is 0 Å². The number of carboxylic acid groups (broad SMARTS) is 1. The molecular weight excluding hydrogens is 222 g/mol. The SMILES string of the molecule is CCCCN.COc1ccc(O)c(C(=O)O)c1. The molecule has 0 atom stereocenters. The number of aromatic hydroxyl groups is 1. The van der Waals surface area contributed by atoms with Crippen LogP contribution in [0.15, 0.2) is 18.2 Å². The van der Waals surface area contributed by atoms with Crippen LogP contribution in [0.1, 0.15) is 30.1 Å². The van der Waals surface area contributed by atoms with Gasteiger partial charge < -0.3 is 20.7 Å². The summed E-state index contributed by atoms with van der Waals surface area (Å²) in [6, 6.07) is 4.03. The van der Waals surface area contributed by atoms with Crippen molar-refractivity contribution in [2.75, 3.05) is 13.7 Å². The van der Waals surface area contributed by atoms with Crippen LogP contribution in [0.3, 0.4) is 0 Å². The molecular formula is C12H19NO4. The molecule has 0 aromatic heterocycles. The molecule has 0 fully saturated rings. The fraction of sp³-hybridized carbons (Fsp3) is 0.417. The van der Waals surface area contributed by atoms with Crippen molar-refractivity contribution in [2.45, 2.75) is 19.8 Å². The molecule has 0 aliphatic rings. The van der Waals surface area contributed by atoms with Gasteiger partial charge in [-0.1, -0.05) is 13.3 Å². The Morgan fingerprint density at radius 1 is 1.47 bits per heavy atom. The summed E-state index contributed by atoms with van der Waals surface area (Å²) in [5, 5.41) is 17.6. The summed E-state index contributed by atoms with van der Waals surface area (Å²) in [7, 11) is 1.43. The molecule has 0 bridgehead atoms. The fourth-order valence-corrected chi connectivity index (χ4v) is 1.02. The summed E-state index contributed by atoms with van der Waals surface area (Å²) in [5.74, 6) is -1.03. The first-order valence-electron chi connectivity index (χ1n) is 5.37. The molecule has 0 saturated carbocycles. The van der Waals surface area contributed by atoms with E-state index >= 15 is 0 Å². The number of rotatable bonds is 4. The third kappa shape index (κ3) is 5.77. The van der Waals surface area contributed by atoms with Gasteiger partial charge in [0.2, 0.25) is 0 Å². The van der Waals surface area contributed by atoms with Crippen LogP contribution in [-0.2, 0) is 0 Å². The molecule has 0 aliphatic carbocycles. The van der Waals surface area contributed by atoms with Crippen LogP contribution in [0.5, 0.6) is 11.5 Å². The Hall–Kier alpha value is -1.75. The second kappa shape index (κ2) is 8.41. The molecule has 0 radical (unpaired) electrons. The summed E-state index contributed by atoms with van der Waals surface area (Å²) in [6.07, 6.45) is 2.39. The first kappa shape index (κ1) is 15.2. The summed E-state index contributed by atoms with van der Waals surface area (Å²) in [4.78, 5) is 10.5. The zero-order valence-electron chi connectivity index (χ0n) is 10.1. The normalized spacial score (nSPS) is 9.12. The molecule has 17 heavy (non-hydrogen) atoms. The molecule has 96 valence electrons. The predicted octanol–water partition coefficient (Wildman–Crippen LogP) is 1.84. The molecule has 4 N–H and O–H groups in total. The number of hydrogen-bond acceptors (Lipinski definition) is 4. The molecule has 5 heteroatoms. The van der Waals surface area contributed by atoms with Gasteiger partial charge in [-0.2, -0.15) is 0 Å². The molecule has 0 amide bonds. The van der Waals surface area contributed by atoms with Crippen molar-refractivity contribution in [3.63, 3.8) is 0 Å². The van der Waals surface area contributed by atoms with Gasteiger partial charge >= 0.3 is 5.97 Å². The zero-order chi connectivity index (χ0) is 13.3. The maximum Gasteiger partial charge on any atom is 0.339 e. The van der Waals surface area contributed by atoms with Gasteiger partial charge in [-0.15, -0.1) is 0 Å². The number of unbranched alkanes of at least 4 members (excludes halogenated alkanes) is 1. The molecule has 1 rings (SSSR count). The van der Waals surface area contributed by atoms with Gasteiger partial charge in [0.05, 0.1) is 7.11 Å². The molecule has 0 aliphatic heterocycles. The van der Waals surface area contributed by atoms with E-state index in [1.165, 1.54) is 38.2 Å². The minimum atomic E-state index is -1.17. The molecule has 1 aromatic carbocycles. The van der Waals surface area contributed by atoms with Crippen molar-refractivity contribution in [3.8, 4) is 11.5 Å².